The molecule has 0 aliphatic rings. The lowest BCUT2D eigenvalue weighted by Crippen LogP contribution is -1.98. The van der Waals surface area contributed by atoms with Crippen molar-refractivity contribution in [2.45, 2.75) is 13.5 Å². The van der Waals surface area contributed by atoms with Crippen LogP contribution in [0.2, 0.25) is 0 Å². The zero-order valence-electron chi connectivity index (χ0n) is 7.99. The van der Waals surface area contributed by atoms with E-state index in [1.165, 1.54) is 0 Å². The summed E-state index contributed by atoms with van der Waals surface area (Å²) in [6.07, 6.45) is 0. The van der Waals surface area contributed by atoms with Gasteiger partial charge >= 0.3 is 0 Å². The van der Waals surface area contributed by atoms with Crippen molar-refractivity contribution in [2.24, 2.45) is 0 Å². The van der Waals surface area contributed by atoms with Gasteiger partial charge in [0.25, 0.3) is 0 Å². The van der Waals surface area contributed by atoms with E-state index in [1.54, 1.807) is 7.11 Å². The Morgan fingerprint density at radius 3 is 2.93 bits per heavy atom. The summed E-state index contributed by atoms with van der Waals surface area (Å²) >= 11 is 3.43. The molecule has 0 fully saturated rings. The molecule has 0 aliphatic carbocycles. The highest BCUT2D eigenvalue weighted by Crippen LogP contribution is 2.32. The Morgan fingerprint density at radius 2 is 2.29 bits per heavy atom. The van der Waals surface area contributed by atoms with Crippen LogP contribution in [0, 0.1) is 0 Å². The Kier molecular flexibility index (Phi) is 2.41. The molecule has 0 unspecified atom stereocenters. The average molecular weight is 256 g/mol. The van der Waals surface area contributed by atoms with Gasteiger partial charge in [0.15, 0.2) is 5.75 Å². The summed E-state index contributed by atoms with van der Waals surface area (Å²) in [6, 6.07) is 3.83. The maximum absolute atomic E-state index is 5.31. The van der Waals surface area contributed by atoms with Gasteiger partial charge in [0, 0.05) is 6.54 Å². The van der Waals surface area contributed by atoms with Crippen LogP contribution in [0.1, 0.15) is 6.92 Å². The van der Waals surface area contributed by atoms with Gasteiger partial charge in [-0.15, -0.1) is 5.10 Å². The monoisotopic (exact) mass is 255 g/mol. The van der Waals surface area contributed by atoms with Gasteiger partial charge < -0.3 is 4.74 Å². The molecule has 74 valence electrons. The summed E-state index contributed by atoms with van der Waals surface area (Å²) in [5.74, 6) is 0.786. The maximum atomic E-state index is 5.31. The molecule has 0 atom stereocenters. The topological polar surface area (TPSA) is 39.9 Å². The van der Waals surface area contributed by atoms with Crippen LogP contribution in [-0.2, 0) is 6.54 Å². The van der Waals surface area contributed by atoms with Crippen molar-refractivity contribution in [3.05, 3.63) is 16.6 Å². The molecule has 2 aromatic rings. The van der Waals surface area contributed by atoms with E-state index in [0.29, 0.717) is 0 Å². The van der Waals surface area contributed by atoms with Gasteiger partial charge in [-0.1, -0.05) is 5.21 Å². The third-order valence-corrected chi connectivity index (χ3v) is 2.71. The number of hydrogen-bond donors (Lipinski definition) is 0. The van der Waals surface area contributed by atoms with Gasteiger partial charge in [0.05, 0.1) is 11.6 Å². The number of fused-ring (bicyclic) bond motifs is 1. The number of aromatic nitrogens is 3. The quantitative estimate of drug-likeness (QED) is 0.827. The fraction of sp³-hybridized carbons (Fsp3) is 0.333. The van der Waals surface area contributed by atoms with Crippen LogP contribution >= 0.6 is 15.9 Å². The minimum atomic E-state index is 0.781. The molecular weight excluding hydrogens is 246 g/mol. The van der Waals surface area contributed by atoms with Crippen molar-refractivity contribution < 1.29 is 4.74 Å². The van der Waals surface area contributed by atoms with Gasteiger partial charge in [-0.3, -0.25) is 0 Å². The minimum absolute atomic E-state index is 0.781. The fourth-order valence-electron chi connectivity index (χ4n) is 1.43. The summed E-state index contributed by atoms with van der Waals surface area (Å²) in [5, 5.41) is 8.08. The smallest absolute Gasteiger partial charge is 0.160 e. The summed E-state index contributed by atoms with van der Waals surface area (Å²) in [4.78, 5) is 0. The first-order valence-electron chi connectivity index (χ1n) is 4.33. The van der Waals surface area contributed by atoms with E-state index in [-0.39, 0.29) is 0 Å². The van der Waals surface area contributed by atoms with Gasteiger partial charge in [-0.2, -0.15) is 0 Å². The molecule has 0 bridgehead atoms. The van der Waals surface area contributed by atoms with Crippen molar-refractivity contribution >= 4 is 27.0 Å². The van der Waals surface area contributed by atoms with Crippen LogP contribution in [-0.4, -0.2) is 22.1 Å². The van der Waals surface area contributed by atoms with E-state index in [0.717, 1.165) is 27.8 Å². The van der Waals surface area contributed by atoms with Crippen LogP contribution in [0.3, 0.4) is 0 Å². The van der Waals surface area contributed by atoms with E-state index in [9.17, 15) is 0 Å². The first kappa shape index (κ1) is 9.45. The molecule has 0 aliphatic heterocycles. The lowest BCUT2D eigenvalue weighted by atomic mass is 10.3. The van der Waals surface area contributed by atoms with Gasteiger partial charge in [-0.25, -0.2) is 4.68 Å². The summed E-state index contributed by atoms with van der Waals surface area (Å²) < 4.78 is 8.05. The van der Waals surface area contributed by atoms with Crippen LogP contribution in [0.25, 0.3) is 11.0 Å². The number of halogens is 1. The number of nitrogens with zero attached hydrogens (tertiary/aromatic N) is 3. The van der Waals surface area contributed by atoms with Gasteiger partial charge in [0.1, 0.15) is 11.0 Å². The Labute approximate surface area is 90.0 Å². The van der Waals surface area contributed by atoms with Gasteiger partial charge in [-0.05, 0) is 35.0 Å². The Bertz CT molecular complexity index is 466. The summed E-state index contributed by atoms with van der Waals surface area (Å²) in [7, 11) is 1.65. The first-order valence-corrected chi connectivity index (χ1v) is 5.13. The SMILES string of the molecule is CCn1nnc2ccc(Br)c(OC)c21. The van der Waals surface area contributed by atoms with Crippen molar-refractivity contribution in [3.8, 4) is 5.75 Å². The third kappa shape index (κ3) is 1.28. The highest BCUT2D eigenvalue weighted by Gasteiger charge is 2.12. The largest absolute Gasteiger partial charge is 0.493 e. The average Bonchev–Trinajstić information content (AvgIpc) is 2.61. The van der Waals surface area contributed by atoms with E-state index < -0.39 is 0 Å². The zero-order valence-corrected chi connectivity index (χ0v) is 9.58. The van der Waals surface area contributed by atoms with Gasteiger partial charge in [0.2, 0.25) is 0 Å². The third-order valence-electron chi connectivity index (χ3n) is 2.08. The first-order chi connectivity index (χ1) is 6.77. The second-order valence-electron chi connectivity index (χ2n) is 2.85. The fourth-order valence-corrected chi connectivity index (χ4v) is 1.91. The molecular formula is C9H10BrN3O. The minimum Gasteiger partial charge on any atom is -0.493 e. The number of ether oxygens (including phenoxy) is 1. The Balaban J connectivity index is 2.81. The van der Waals surface area contributed by atoms with Crippen molar-refractivity contribution in [1.29, 1.82) is 0 Å². The zero-order chi connectivity index (χ0) is 10.1. The van der Waals surface area contributed by atoms with E-state index in [2.05, 4.69) is 26.2 Å². The highest BCUT2D eigenvalue weighted by molar-refractivity contribution is 9.10. The molecule has 0 saturated heterocycles. The number of hydrogen-bond acceptors (Lipinski definition) is 3. The predicted molar refractivity (Wildman–Crippen MR) is 57.5 cm³/mol. The molecule has 0 spiro atoms. The van der Waals surface area contributed by atoms with Crippen LogP contribution in [0.15, 0.2) is 16.6 Å². The van der Waals surface area contributed by atoms with E-state index in [1.807, 2.05) is 23.7 Å². The maximum Gasteiger partial charge on any atom is 0.160 e. The van der Waals surface area contributed by atoms with Crippen molar-refractivity contribution in [2.75, 3.05) is 7.11 Å². The second-order valence-corrected chi connectivity index (χ2v) is 3.71. The molecule has 5 heteroatoms. The number of benzene rings is 1. The van der Waals surface area contributed by atoms with E-state index >= 15 is 0 Å². The molecule has 0 amide bonds. The lowest BCUT2D eigenvalue weighted by Gasteiger charge is -2.05. The van der Waals surface area contributed by atoms with Crippen LogP contribution in [0.4, 0.5) is 0 Å². The number of aryl methyl sites for hydroxylation is 1. The molecule has 0 saturated carbocycles. The lowest BCUT2D eigenvalue weighted by molar-refractivity contribution is 0.413. The standard InChI is InChI=1S/C9H10BrN3O/c1-3-13-8-7(11-12-13)5-4-6(10)9(8)14-2/h4-5H,3H2,1-2H3. The van der Waals surface area contributed by atoms with Crippen LogP contribution in [0.5, 0.6) is 5.75 Å². The van der Waals surface area contributed by atoms with Crippen molar-refractivity contribution in [1.82, 2.24) is 15.0 Å². The highest BCUT2D eigenvalue weighted by atomic mass is 79.9. The molecule has 2 rings (SSSR count). The molecule has 1 aromatic carbocycles. The molecule has 0 N–H and O–H groups in total. The normalized spacial score (nSPS) is 10.8. The Hall–Kier alpha value is -1.10. The number of rotatable bonds is 2. The second kappa shape index (κ2) is 3.57. The van der Waals surface area contributed by atoms with Crippen LogP contribution < -0.4 is 4.74 Å². The predicted octanol–water partition coefficient (Wildman–Crippen LogP) is 2.22. The number of methoxy groups -OCH3 is 1. The molecule has 0 radical (unpaired) electrons. The van der Waals surface area contributed by atoms with E-state index in [4.69, 9.17) is 4.74 Å². The Morgan fingerprint density at radius 1 is 1.50 bits per heavy atom. The molecule has 1 heterocycles. The van der Waals surface area contributed by atoms with Crippen molar-refractivity contribution in [3.63, 3.8) is 0 Å². The molecule has 14 heavy (non-hydrogen) atoms. The molecule has 1 aromatic heterocycles. The summed E-state index contributed by atoms with van der Waals surface area (Å²) in [6.45, 7) is 2.80. The molecule has 4 nitrogen and oxygen atoms in total. The summed E-state index contributed by atoms with van der Waals surface area (Å²) in [5.41, 5.74) is 1.79.